The first-order valence-corrected chi connectivity index (χ1v) is 8.92. The Labute approximate surface area is 134 Å². The quantitative estimate of drug-likeness (QED) is 0.816. The molecule has 5 nitrogen and oxygen atoms in total. The topological polar surface area (TPSA) is 72.5 Å². The fourth-order valence-corrected chi connectivity index (χ4v) is 2.68. The lowest BCUT2D eigenvalue weighted by Gasteiger charge is -2.15. The number of halogens is 2. The molecule has 1 N–H and O–H groups in total. The van der Waals surface area contributed by atoms with E-state index < -0.39 is 21.8 Å². The third-order valence-corrected chi connectivity index (χ3v) is 4.81. The van der Waals surface area contributed by atoms with E-state index in [1.807, 2.05) is 0 Å². The van der Waals surface area contributed by atoms with E-state index in [9.17, 15) is 13.2 Å². The molecule has 0 bridgehead atoms. The monoisotopic (exact) mass is 353 g/mol. The maximum absolute atomic E-state index is 11.8. The molecule has 0 saturated carbocycles. The van der Waals surface area contributed by atoms with Crippen molar-refractivity contribution in [1.29, 1.82) is 0 Å². The molecule has 8 heteroatoms. The Morgan fingerprint density at radius 2 is 1.86 bits per heavy atom. The largest absolute Gasteiger partial charge is 0.481 e. The molecule has 1 rings (SSSR count). The van der Waals surface area contributed by atoms with E-state index in [1.54, 1.807) is 32.0 Å². The highest BCUT2D eigenvalue weighted by Crippen LogP contribution is 2.24. The standard InChI is InChI=1S/C13H17Cl2NO4S/c1-3-21(18,19)5-4-16-13(17)9(2)20-12-7-10(14)6-11(15)8-12/h6-9H,3-5H2,1-2H3,(H,16,17). The van der Waals surface area contributed by atoms with E-state index in [2.05, 4.69) is 5.32 Å². The molecule has 1 unspecified atom stereocenters. The molecule has 0 spiro atoms. The molecule has 1 aromatic carbocycles. The van der Waals surface area contributed by atoms with Crippen LogP contribution in [0.1, 0.15) is 13.8 Å². The molecule has 1 atom stereocenters. The molecule has 1 aromatic rings. The molecular formula is C13H17Cl2NO4S. The number of hydrogen-bond acceptors (Lipinski definition) is 4. The second-order valence-electron chi connectivity index (χ2n) is 4.39. The average molecular weight is 354 g/mol. The summed E-state index contributed by atoms with van der Waals surface area (Å²) in [6.45, 7) is 3.17. The van der Waals surface area contributed by atoms with Crippen molar-refractivity contribution in [2.45, 2.75) is 20.0 Å². The smallest absolute Gasteiger partial charge is 0.260 e. The first kappa shape index (κ1) is 18.1. The third kappa shape index (κ3) is 6.54. The summed E-state index contributed by atoms with van der Waals surface area (Å²) in [7, 11) is -3.10. The fourth-order valence-electron chi connectivity index (χ4n) is 1.47. The fraction of sp³-hybridized carbons (Fsp3) is 0.462. The van der Waals surface area contributed by atoms with Gasteiger partial charge in [0, 0.05) is 22.3 Å². The summed E-state index contributed by atoms with van der Waals surface area (Å²) in [5, 5.41) is 3.32. The van der Waals surface area contributed by atoms with Crippen molar-refractivity contribution in [1.82, 2.24) is 5.32 Å². The number of rotatable bonds is 7. The van der Waals surface area contributed by atoms with Crippen molar-refractivity contribution in [3.63, 3.8) is 0 Å². The van der Waals surface area contributed by atoms with Crippen molar-refractivity contribution in [2.75, 3.05) is 18.1 Å². The molecule has 0 aliphatic carbocycles. The van der Waals surface area contributed by atoms with Crippen LogP contribution in [0, 0.1) is 0 Å². The number of ether oxygens (including phenoxy) is 1. The van der Waals surface area contributed by atoms with Crippen molar-refractivity contribution < 1.29 is 17.9 Å². The zero-order valence-electron chi connectivity index (χ0n) is 11.7. The molecule has 0 radical (unpaired) electrons. The Bertz CT molecular complexity index is 584. The van der Waals surface area contributed by atoms with Crippen molar-refractivity contribution >= 4 is 38.9 Å². The molecule has 0 aliphatic heterocycles. The van der Waals surface area contributed by atoms with Crippen LogP contribution in [0.2, 0.25) is 10.0 Å². The van der Waals surface area contributed by atoms with Crippen LogP contribution in [0.3, 0.4) is 0 Å². The van der Waals surface area contributed by atoms with Gasteiger partial charge in [-0.1, -0.05) is 30.1 Å². The molecule has 1 amide bonds. The second-order valence-corrected chi connectivity index (χ2v) is 7.74. The predicted octanol–water partition coefficient (Wildman–Crippen LogP) is 2.31. The number of sulfone groups is 1. The van der Waals surface area contributed by atoms with Gasteiger partial charge in [0.2, 0.25) is 0 Å². The molecule has 21 heavy (non-hydrogen) atoms. The predicted molar refractivity (Wildman–Crippen MR) is 83.9 cm³/mol. The molecule has 0 aliphatic rings. The zero-order valence-corrected chi connectivity index (χ0v) is 14.1. The van der Waals surface area contributed by atoms with Crippen LogP contribution in [0.4, 0.5) is 0 Å². The maximum atomic E-state index is 11.8. The minimum absolute atomic E-state index is 0.0515. The van der Waals surface area contributed by atoms with Crippen LogP contribution in [0.15, 0.2) is 18.2 Å². The number of hydrogen-bond donors (Lipinski definition) is 1. The van der Waals surface area contributed by atoms with E-state index in [0.717, 1.165) is 0 Å². The number of benzene rings is 1. The highest BCUT2D eigenvalue weighted by molar-refractivity contribution is 7.91. The van der Waals surface area contributed by atoms with E-state index in [4.69, 9.17) is 27.9 Å². The Morgan fingerprint density at radius 3 is 2.38 bits per heavy atom. The second kappa shape index (κ2) is 7.87. The maximum Gasteiger partial charge on any atom is 0.260 e. The molecule has 0 fully saturated rings. The van der Waals surface area contributed by atoms with E-state index in [-0.39, 0.29) is 18.1 Å². The minimum Gasteiger partial charge on any atom is -0.481 e. The molecule has 0 aromatic heterocycles. The normalized spacial score (nSPS) is 12.8. The van der Waals surface area contributed by atoms with E-state index >= 15 is 0 Å². The van der Waals surface area contributed by atoms with Gasteiger partial charge in [-0.3, -0.25) is 4.79 Å². The van der Waals surface area contributed by atoms with Crippen LogP contribution in [-0.4, -0.2) is 38.5 Å². The lowest BCUT2D eigenvalue weighted by Crippen LogP contribution is -2.38. The molecule has 118 valence electrons. The van der Waals surface area contributed by atoms with Crippen LogP contribution < -0.4 is 10.1 Å². The Hall–Kier alpha value is -0.980. The van der Waals surface area contributed by atoms with Gasteiger partial charge < -0.3 is 10.1 Å². The van der Waals surface area contributed by atoms with Gasteiger partial charge in [-0.15, -0.1) is 0 Å². The van der Waals surface area contributed by atoms with Gasteiger partial charge in [0.25, 0.3) is 5.91 Å². The van der Waals surface area contributed by atoms with Gasteiger partial charge in [0.15, 0.2) is 15.9 Å². The summed E-state index contributed by atoms with van der Waals surface area (Å²) < 4.78 is 28.0. The summed E-state index contributed by atoms with van der Waals surface area (Å²) in [6, 6.07) is 4.63. The van der Waals surface area contributed by atoms with E-state index in [1.165, 1.54) is 0 Å². The van der Waals surface area contributed by atoms with Gasteiger partial charge >= 0.3 is 0 Å². The van der Waals surface area contributed by atoms with Gasteiger partial charge in [0.1, 0.15) is 5.75 Å². The van der Waals surface area contributed by atoms with Gasteiger partial charge in [0.05, 0.1) is 5.75 Å². The van der Waals surface area contributed by atoms with Gasteiger partial charge in [-0.25, -0.2) is 8.42 Å². The lowest BCUT2D eigenvalue weighted by atomic mass is 10.3. The Kier molecular flexibility index (Phi) is 6.77. The number of carbonyl (C=O) groups excluding carboxylic acids is 1. The molecule has 0 heterocycles. The minimum atomic E-state index is -3.10. The van der Waals surface area contributed by atoms with Crippen LogP contribution in [0.25, 0.3) is 0 Å². The lowest BCUT2D eigenvalue weighted by molar-refractivity contribution is -0.127. The SMILES string of the molecule is CCS(=O)(=O)CCNC(=O)C(C)Oc1cc(Cl)cc(Cl)c1. The summed E-state index contributed by atoms with van der Waals surface area (Å²) in [4.78, 5) is 11.8. The Balaban J connectivity index is 2.51. The first-order chi connectivity index (χ1) is 9.73. The molecule has 0 saturated heterocycles. The first-order valence-electron chi connectivity index (χ1n) is 6.34. The summed E-state index contributed by atoms with van der Waals surface area (Å²) in [5.41, 5.74) is 0. The van der Waals surface area contributed by atoms with E-state index in [0.29, 0.717) is 15.8 Å². The highest BCUT2D eigenvalue weighted by Gasteiger charge is 2.16. The van der Waals surface area contributed by atoms with Crippen LogP contribution in [0.5, 0.6) is 5.75 Å². The van der Waals surface area contributed by atoms with Crippen LogP contribution in [-0.2, 0) is 14.6 Å². The van der Waals surface area contributed by atoms with Gasteiger partial charge in [-0.05, 0) is 25.1 Å². The number of carbonyl (C=O) groups is 1. The van der Waals surface area contributed by atoms with Crippen LogP contribution >= 0.6 is 23.2 Å². The molecular weight excluding hydrogens is 337 g/mol. The number of amides is 1. The summed E-state index contributed by atoms with van der Waals surface area (Å²) >= 11 is 11.7. The Morgan fingerprint density at radius 1 is 1.29 bits per heavy atom. The summed E-state index contributed by atoms with van der Waals surface area (Å²) in [5.74, 6) is -0.0744. The number of nitrogens with one attached hydrogen (secondary N) is 1. The third-order valence-electron chi connectivity index (χ3n) is 2.67. The summed E-state index contributed by atoms with van der Waals surface area (Å²) in [6.07, 6.45) is -0.788. The van der Waals surface area contributed by atoms with Crippen molar-refractivity contribution in [3.8, 4) is 5.75 Å². The zero-order chi connectivity index (χ0) is 16.0. The van der Waals surface area contributed by atoms with Crippen molar-refractivity contribution in [3.05, 3.63) is 28.2 Å². The highest BCUT2D eigenvalue weighted by atomic mass is 35.5. The average Bonchev–Trinajstić information content (AvgIpc) is 2.37. The van der Waals surface area contributed by atoms with Gasteiger partial charge in [-0.2, -0.15) is 0 Å². The van der Waals surface area contributed by atoms with Crippen molar-refractivity contribution in [2.24, 2.45) is 0 Å².